The van der Waals surface area contributed by atoms with E-state index in [2.05, 4.69) is 21.6 Å². The zero-order chi connectivity index (χ0) is 19.7. The van der Waals surface area contributed by atoms with E-state index >= 15 is 0 Å². The summed E-state index contributed by atoms with van der Waals surface area (Å²) in [7, 11) is 0. The number of carbonyl (C=O) groups excluding carboxylic acids is 1. The highest BCUT2D eigenvalue weighted by Crippen LogP contribution is 2.35. The first-order chi connectivity index (χ1) is 13.5. The molecule has 0 unspecified atom stereocenters. The number of allylic oxidation sites excluding steroid dienone is 1. The van der Waals surface area contributed by atoms with Gasteiger partial charge in [0.05, 0.1) is 5.57 Å². The van der Waals surface area contributed by atoms with Gasteiger partial charge in [-0.25, -0.2) is 0 Å². The maximum absolute atomic E-state index is 12.4. The molecule has 0 aromatic heterocycles. The number of fused-ring (bicyclic) bond motifs is 1. The van der Waals surface area contributed by atoms with Crippen molar-refractivity contribution in [2.75, 3.05) is 35.2 Å². The van der Waals surface area contributed by atoms with Crippen LogP contribution in [0.4, 0.5) is 22.7 Å². The van der Waals surface area contributed by atoms with Crippen LogP contribution in [0.15, 0.2) is 42.1 Å². The Morgan fingerprint density at radius 2 is 1.89 bits per heavy atom. The number of nitrogen functional groups attached to an aromatic ring is 2. The van der Waals surface area contributed by atoms with Crippen LogP contribution >= 0.6 is 0 Å². The van der Waals surface area contributed by atoms with Gasteiger partial charge in [-0.3, -0.25) is 9.69 Å². The minimum absolute atomic E-state index is 0.125. The topological polar surface area (TPSA) is 96.4 Å². The van der Waals surface area contributed by atoms with Gasteiger partial charge in [0.2, 0.25) is 0 Å². The van der Waals surface area contributed by atoms with Gasteiger partial charge in [-0.05, 0) is 68.8 Å². The number of hydrogen-bond acceptors (Lipinski definition) is 5. The van der Waals surface area contributed by atoms with E-state index in [0.717, 1.165) is 53.5 Å². The van der Waals surface area contributed by atoms with Crippen molar-refractivity contribution in [2.45, 2.75) is 32.7 Å². The average molecular weight is 377 g/mol. The van der Waals surface area contributed by atoms with Crippen molar-refractivity contribution in [3.8, 4) is 0 Å². The first-order valence-electron chi connectivity index (χ1n) is 9.81. The van der Waals surface area contributed by atoms with Crippen LogP contribution < -0.4 is 22.1 Å². The lowest BCUT2D eigenvalue weighted by Crippen LogP contribution is -2.29. The lowest BCUT2D eigenvalue weighted by Gasteiger charge is -2.27. The summed E-state index contributed by atoms with van der Waals surface area (Å²) in [6, 6.07) is 11.5. The molecule has 6 nitrogen and oxygen atoms in total. The fourth-order valence-electron chi connectivity index (χ4n) is 4.01. The molecule has 0 atom stereocenters. The number of piperidine rings is 1. The van der Waals surface area contributed by atoms with Gasteiger partial charge in [-0.15, -0.1) is 0 Å². The summed E-state index contributed by atoms with van der Waals surface area (Å²) in [6.45, 7) is 5.07. The van der Waals surface area contributed by atoms with E-state index in [9.17, 15) is 4.79 Å². The Bertz CT molecular complexity index is 944. The predicted octanol–water partition coefficient (Wildman–Crippen LogP) is 3.63. The van der Waals surface area contributed by atoms with Gasteiger partial charge in [0.15, 0.2) is 0 Å². The molecule has 28 heavy (non-hydrogen) atoms. The van der Waals surface area contributed by atoms with Gasteiger partial charge < -0.3 is 22.1 Å². The minimum Gasteiger partial charge on any atom is -0.399 e. The van der Waals surface area contributed by atoms with Crippen molar-refractivity contribution < 1.29 is 4.79 Å². The molecule has 2 aliphatic heterocycles. The number of likely N-dealkylation sites (tertiary alicyclic amines) is 1. The highest BCUT2D eigenvalue weighted by atomic mass is 16.2. The third-order valence-electron chi connectivity index (χ3n) is 5.48. The van der Waals surface area contributed by atoms with E-state index in [1.54, 1.807) is 6.07 Å². The van der Waals surface area contributed by atoms with Crippen molar-refractivity contribution >= 4 is 34.2 Å². The molecule has 146 valence electrons. The zero-order valence-electron chi connectivity index (χ0n) is 16.2. The third kappa shape index (κ3) is 3.68. The normalized spacial score (nSPS) is 18.5. The van der Waals surface area contributed by atoms with Crippen LogP contribution in [0.5, 0.6) is 0 Å². The van der Waals surface area contributed by atoms with Crippen LogP contribution in [0.2, 0.25) is 0 Å². The van der Waals surface area contributed by atoms with Crippen molar-refractivity contribution in [1.29, 1.82) is 0 Å². The molecule has 4 rings (SSSR count). The molecule has 2 aromatic carbocycles. The number of nitrogens with zero attached hydrogens (tertiary/aromatic N) is 1. The second kappa shape index (κ2) is 7.56. The summed E-state index contributed by atoms with van der Waals surface area (Å²) < 4.78 is 0. The quantitative estimate of drug-likeness (QED) is 0.482. The van der Waals surface area contributed by atoms with E-state index in [-0.39, 0.29) is 5.91 Å². The molecule has 0 saturated carbocycles. The molecule has 6 heteroatoms. The lowest BCUT2D eigenvalue weighted by atomic mass is 10.0. The lowest BCUT2D eigenvalue weighted by molar-refractivity contribution is -0.110. The Morgan fingerprint density at radius 1 is 1.11 bits per heavy atom. The molecule has 1 saturated heterocycles. The molecule has 2 aromatic rings. The van der Waals surface area contributed by atoms with Gasteiger partial charge in [0, 0.05) is 40.6 Å². The Hall–Kier alpha value is -2.99. The van der Waals surface area contributed by atoms with Crippen molar-refractivity contribution in [3.05, 3.63) is 53.2 Å². The first kappa shape index (κ1) is 18.4. The summed E-state index contributed by atoms with van der Waals surface area (Å²) in [6.07, 6.45) is 3.85. The summed E-state index contributed by atoms with van der Waals surface area (Å²) in [4.78, 5) is 14.9. The smallest absolute Gasteiger partial charge is 0.258 e. The monoisotopic (exact) mass is 377 g/mol. The molecule has 1 fully saturated rings. The maximum Gasteiger partial charge on any atom is 0.258 e. The second-order valence-corrected chi connectivity index (χ2v) is 7.63. The Kier molecular flexibility index (Phi) is 4.96. The number of rotatable bonds is 4. The van der Waals surface area contributed by atoms with Crippen LogP contribution in [-0.4, -0.2) is 23.9 Å². The molecule has 0 spiro atoms. The number of carbonyl (C=O) groups is 1. The standard InChI is InChI=1S/C22H27N5O/c1-14(21-18-11-16(23)6-8-20(18)26-22(21)28)25-17-7-5-15(19(24)12-17)13-27-9-3-2-4-10-27/h5-8,11-12,25H,2-4,9-10,13,23-24H2,1H3,(H,26,28). The Labute approximate surface area is 165 Å². The van der Waals surface area contributed by atoms with Gasteiger partial charge in [-0.1, -0.05) is 12.5 Å². The van der Waals surface area contributed by atoms with Crippen LogP contribution in [0.3, 0.4) is 0 Å². The van der Waals surface area contributed by atoms with Gasteiger partial charge >= 0.3 is 0 Å². The summed E-state index contributed by atoms with van der Waals surface area (Å²) >= 11 is 0. The number of nitrogens with two attached hydrogens (primary N) is 2. The summed E-state index contributed by atoms with van der Waals surface area (Å²) in [5.41, 5.74) is 18.6. The number of anilines is 4. The largest absolute Gasteiger partial charge is 0.399 e. The number of hydrogen-bond donors (Lipinski definition) is 4. The van der Waals surface area contributed by atoms with E-state index in [1.165, 1.54) is 19.3 Å². The highest BCUT2D eigenvalue weighted by molar-refractivity contribution is 6.32. The zero-order valence-corrected chi connectivity index (χ0v) is 16.2. The van der Waals surface area contributed by atoms with E-state index in [4.69, 9.17) is 11.5 Å². The Balaban J connectivity index is 1.54. The van der Waals surface area contributed by atoms with Crippen molar-refractivity contribution in [3.63, 3.8) is 0 Å². The van der Waals surface area contributed by atoms with Crippen LogP contribution in [0.1, 0.15) is 37.3 Å². The van der Waals surface area contributed by atoms with Crippen molar-refractivity contribution in [2.24, 2.45) is 0 Å². The maximum atomic E-state index is 12.4. The third-order valence-corrected chi connectivity index (χ3v) is 5.48. The van der Waals surface area contributed by atoms with Crippen LogP contribution in [0.25, 0.3) is 5.57 Å². The summed E-state index contributed by atoms with van der Waals surface area (Å²) in [5, 5.41) is 6.22. The molecule has 1 amide bonds. The number of nitrogens with one attached hydrogen (secondary N) is 2. The SMILES string of the molecule is CC(Nc1ccc(CN2CCCCC2)c(N)c1)=C1C(=O)Nc2ccc(N)cc21. The molecular formula is C22H27N5O. The van der Waals surface area contributed by atoms with Gasteiger partial charge in [0.1, 0.15) is 0 Å². The molecule has 2 heterocycles. The fourth-order valence-corrected chi connectivity index (χ4v) is 4.01. The predicted molar refractivity (Wildman–Crippen MR) is 116 cm³/mol. The molecule has 0 bridgehead atoms. The molecule has 6 N–H and O–H groups in total. The molecule has 0 aliphatic carbocycles. The highest BCUT2D eigenvalue weighted by Gasteiger charge is 2.26. The van der Waals surface area contributed by atoms with Gasteiger partial charge in [0.25, 0.3) is 5.91 Å². The second-order valence-electron chi connectivity index (χ2n) is 7.63. The summed E-state index contributed by atoms with van der Waals surface area (Å²) in [5.74, 6) is -0.125. The molecular weight excluding hydrogens is 350 g/mol. The molecule has 2 aliphatic rings. The number of benzene rings is 2. The minimum atomic E-state index is -0.125. The van der Waals surface area contributed by atoms with Crippen LogP contribution in [0, 0.1) is 0 Å². The van der Waals surface area contributed by atoms with Crippen molar-refractivity contribution in [1.82, 2.24) is 4.90 Å². The van der Waals surface area contributed by atoms with E-state index in [1.807, 2.05) is 31.2 Å². The van der Waals surface area contributed by atoms with E-state index < -0.39 is 0 Å². The Morgan fingerprint density at radius 3 is 2.64 bits per heavy atom. The average Bonchev–Trinajstić information content (AvgIpc) is 3.00. The number of amides is 1. The van der Waals surface area contributed by atoms with E-state index in [0.29, 0.717) is 11.3 Å². The first-order valence-corrected chi connectivity index (χ1v) is 9.81. The molecule has 0 radical (unpaired) electrons. The fraction of sp³-hybridized carbons (Fsp3) is 0.318. The van der Waals surface area contributed by atoms with Gasteiger partial charge in [-0.2, -0.15) is 0 Å². The van der Waals surface area contributed by atoms with Crippen LogP contribution in [-0.2, 0) is 11.3 Å².